The van der Waals surface area contributed by atoms with Crippen LogP contribution in [0.4, 0.5) is 0 Å². The van der Waals surface area contributed by atoms with E-state index in [9.17, 15) is 4.79 Å². The molecular formula is C9H10N4O2. The van der Waals surface area contributed by atoms with Gasteiger partial charge in [0.05, 0.1) is 23.9 Å². The minimum Gasteiger partial charge on any atom is -0.478 e. The number of hydrogen-bond acceptors (Lipinski definition) is 3. The Morgan fingerprint density at radius 3 is 2.87 bits per heavy atom. The summed E-state index contributed by atoms with van der Waals surface area (Å²) in [6.45, 7) is 1.72. The topological polar surface area (TPSA) is 83.8 Å². The van der Waals surface area contributed by atoms with Gasteiger partial charge in [0.25, 0.3) is 0 Å². The average molecular weight is 206 g/mol. The van der Waals surface area contributed by atoms with Gasteiger partial charge in [0, 0.05) is 7.05 Å². The second kappa shape index (κ2) is 3.23. The van der Waals surface area contributed by atoms with Gasteiger partial charge in [-0.25, -0.2) is 9.78 Å². The highest BCUT2D eigenvalue weighted by Crippen LogP contribution is 2.22. The van der Waals surface area contributed by atoms with Gasteiger partial charge in [-0.2, -0.15) is 5.10 Å². The molecule has 2 aromatic rings. The number of aromatic carboxylic acids is 1. The van der Waals surface area contributed by atoms with Crippen molar-refractivity contribution in [3.63, 3.8) is 0 Å². The van der Waals surface area contributed by atoms with Crippen LogP contribution in [0.2, 0.25) is 0 Å². The Morgan fingerprint density at radius 2 is 2.33 bits per heavy atom. The number of H-pyrrole nitrogens is 1. The monoisotopic (exact) mass is 206 g/mol. The Bertz CT molecular complexity index is 498. The molecule has 6 nitrogen and oxygen atoms in total. The first-order chi connectivity index (χ1) is 7.11. The number of aromatic nitrogens is 4. The fourth-order valence-electron chi connectivity index (χ4n) is 1.44. The molecule has 2 rings (SSSR count). The molecular weight excluding hydrogens is 196 g/mol. The van der Waals surface area contributed by atoms with Crippen molar-refractivity contribution < 1.29 is 9.90 Å². The summed E-state index contributed by atoms with van der Waals surface area (Å²) in [5.74, 6) is -0.981. The number of carboxylic acid groups (broad SMARTS) is 1. The van der Waals surface area contributed by atoms with Gasteiger partial charge in [-0.1, -0.05) is 0 Å². The number of carbonyl (C=O) groups is 1. The van der Waals surface area contributed by atoms with E-state index in [-0.39, 0.29) is 5.56 Å². The number of nitrogens with one attached hydrogen (secondary N) is 1. The van der Waals surface area contributed by atoms with Crippen molar-refractivity contribution in [3.05, 3.63) is 23.8 Å². The molecule has 0 spiro atoms. The van der Waals surface area contributed by atoms with Crippen molar-refractivity contribution in [1.82, 2.24) is 19.7 Å². The summed E-state index contributed by atoms with van der Waals surface area (Å²) in [5, 5.41) is 13.2. The Hall–Kier alpha value is -2.11. The lowest BCUT2D eigenvalue weighted by molar-refractivity contribution is 0.0697. The molecule has 0 bridgehead atoms. The van der Waals surface area contributed by atoms with Gasteiger partial charge in [-0.15, -0.1) is 0 Å². The van der Waals surface area contributed by atoms with Gasteiger partial charge in [0.1, 0.15) is 11.3 Å². The van der Waals surface area contributed by atoms with E-state index >= 15 is 0 Å². The number of aromatic amines is 1. The summed E-state index contributed by atoms with van der Waals surface area (Å²) in [4.78, 5) is 17.7. The van der Waals surface area contributed by atoms with Crippen LogP contribution in [0.25, 0.3) is 11.4 Å². The Morgan fingerprint density at radius 1 is 1.60 bits per heavy atom. The molecule has 0 saturated carbocycles. The molecule has 0 amide bonds. The van der Waals surface area contributed by atoms with Crippen LogP contribution in [0, 0.1) is 6.92 Å². The molecule has 2 N–H and O–H groups in total. The number of carboxylic acids is 1. The molecule has 0 aliphatic rings. The highest BCUT2D eigenvalue weighted by atomic mass is 16.4. The summed E-state index contributed by atoms with van der Waals surface area (Å²) in [5.41, 5.74) is 1.85. The summed E-state index contributed by atoms with van der Waals surface area (Å²) in [7, 11) is 1.71. The molecule has 2 aromatic heterocycles. The number of imidazole rings is 1. The molecule has 0 fully saturated rings. The predicted octanol–water partition coefficient (Wildman–Crippen LogP) is 0.817. The molecule has 0 aromatic carbocycles. The van der Waals surface area contributed by atoms with Gasteiger partial charge in [0.15, 0.2) is 0 Å². The molecule has 0 saturated heterocycles. The van der Waals surface area contributed by atoms with Crippen molar-refractivity contribution >= 4 is 5.97 Å². The predicted molar refractivity (Wildman–Crippen MR) is 52.5 cm³/mol. The standard InChI is InChI=1S/C9H10N4O2/c1-5-7(9(14)15)8(12-13(5)2)6-3-10-4-11-6/h3-4H,1-2H3,(H,10,11)(H,14,15). The van der Waals surface area contributed by atoms with Crippen LogP contribution >= 0.6 is 0 Å². The fraction of sp³-hybridized carbons (Fsp3) is 0.222. The fourth-order valence-corrected chi connectivity index (χ4v) is 1.44. The molecule has 15 heavy (non-hydrogen) atoms. The second-order valence-electron chi connectivity index (χ2n) is 3.20. The largest absolute Gasteiger partial charge is 0.478 e. The summed E-state index contributed by atoms with van der Waals surface area (Å²) in [6, 6.07) is 0. The zero-order valence-electron chi connectivity index (χ0n) is 8.35. The van der Waals surface area contributed by atoms with E-state index in [0.29, 0.717) is 17.1 Å². The maximum absolute atomic E-state index is 11.1. The second-order valence-corrected chi connectivity index (χ2v) is 3.20. The van der Waals surface area contributed by atoms with E-state index < -0.39 is 5.97 Å². The Labute approximate surface area is 85.6 Å². The zero-order valence-corrected chi connectivity index (χ0v) is 8.35. The van der Waals surface area contributed by atoms with E-state index in [1.54, 1.807) is 24.9 Å². The summed E-state index contributed by atoms with van der Waals surface area (Å²) in [6.07, 6.45) is 3.04. The van der Waals surface area contributed by atoms with E-state index in [0.717, 1.165) is 0 Å². The number of aryl methyl sites for hydroxylation is 1. The van der Waals surface area contributed by atoms with Crippen molar-refractivity contribution in [1.29, 1.82) is 0 Å². The van der Waals surface area contributed by atoms with Crippen LogP contribution in [-0.4, -0.2) is 30.8 Å². The van der Waals surface area contributed by atoms with Gasteiger partial charge >= 0.3 is 5.97 Å². The highest BCUT2D eigenvalue weighted by molar-refractivity contribution is 5.95. The molecule has 0 unspecified atom stereocenters. The summed E-state index contributed by atoms with van der Waals surface area (Å²) < 4.78 is 1.54. The van der Waals surface area contributed by atoms with Gasteiger partial charge in [0.2, 0.25) is 0 Å². The van der Waals surface area contributed by atoms with Gasteiger partial charge < -0.3 is 10.1 Å². The van der Waals surface area contributed by atoms with Crippen molar-refractivity contribution in [3.8, 4) is 11.4 Å². The third-order valence-corrected chi connectivity index (χ3v) is 2.30. The molecule has 0 atom stereocenters. The lowest BCUT2D eigenvalue weighted by Crippen LogP contribution is -2.00. The third kappa shape index (κ3) is 1.39. The van der Waals surface area contributed by atoms with Crippen LogP contribution in [0.3, 0.4) is 0 Å². The zero-order chi connectivity index (χ0) is 11.0. The SMILES string of the molecule is Cc1c(C(=O)O)c(-c2cnc[nH]2)nn1C. The molecule has 0 aliphatic carbocycles. The van der Waals surface area contributed by atoms with Crippen LogP contribution in [0.5, 0.6) is 0 Å². The minimum absolute atomic E-state index is 0.210. The smallest absolute Gasteiger partial charge is 0.339 e. The molecule has 6 heteroatoms. The van der Waals surface area contributed by atoms with E-state index in [1.165, 1.54) is 6.33 Å². The quantitative estimate of drug-likeness (QED) is 0.761. The molecule has 2 heterocycles. The van der Waals surface area contributed by atoms with Crippen LogP contribution in [0.15, 0.2) is 12.5 Å². The average Bonchev–Trinajstić information content (AvgIpc) is 2.75. The van der Waals surface area contributed by atoms with E-state index in [4.69, 9.17) is 5.11 Å². The molecule has 0 radical (unpaired) electrons. The third-order valence-electron chi connectivity index (χ3n) is 2.30. The van der Waals surface area contributed by atoms with Crippen molar-refractivity contribution in [2.75, 3.05) is 0 Å². The molecule has 78 valence electrons. The first-order valence-corrected chi connectivity index (χ1v) is 4.37. The lowest BCUT2D eigenvalue weighted by Gasteiger charge is -1.94. The maximum Gasteiger partial charge on any atom is 0.339 e. The number of hydrogen-bond donors (Lipinski definition) is 2. The molecule has 0 aliphatic heterocycles. The first kappa shape index (κ1) is 9.45. The van der Waals surface area contributed by atoms with Crippen molar-refractivity contribution in [2.45, 2.75) is 6.92 Å². The summed E-state index contributed by atoms with van der Waals surface area (Å²) >= 11 is 0. The van der Waals surface area contributed by atoms with Crippen LogP contribution < -0.4 is 0 Å². The minimum atomic E-state index is -0.981. The van der Waals surface area contributed by atoms with Crippen LogP contribution in [0.1, 0.15) is 16.1 Å². The van der Waals surface area contributed by atoms with E-state index in [1.807, 2.05) is 0 Å². The number of nitrogens with zero attached hydrogens (tertiary/aromatic N) is 3. The lowest BCUT2D eigenvalue weighted by atomic mass is 10.1. The van der Waals surface area contributed by atoms with Gasteiger partial charge in [-0.05, 0) is 6.92 Å². The highest BCUT2D eigenvalue weighted by Gasteiger charge is 2.21. The Balaban J connectivity index is 2.67. The van der Waals surface area contributed by atoms with Crippen molar-refractivity contribution in [2.24, 2.45) is 7.05 Å². The first-order valence-electron chi connectivity index (χ1n) is 4.37. The van der Waals surface area contributed by atoms with Gasteiger partial charge in [-0.3, -0.25) is 4.68 Å². The Kier molecular flexibility index (Phi) is 2.03. The normalized spacial score (nSPS) is 10.5. The number of rotatable bonds is 2. The van der Waals surface area contributed by atoms with E-state index in [2.05, 4.69) is 15.1 Å². The maximum atomic E-state index is 11.1. The van der Waals surface area contributed by atoms with Crippen LogP contribution in [-0.2, 0) is 7.05 Å².